The molecule has 1 aliphatic rings. The van der Waals surface area contributed by atoms with E-state index in [-0.39, 0.29) is 36.6 Å². The number of piperazine rings is 1. The third-order valence-corrected chi connectivity index (χ3v) is 2.62. The van der Waals surface area contributed by atoms with Gasteiger partial charge in [0.2, 0.25) is 5.91 Å². The largest absolute Gasteiger partial charge is 0.340 e. The van der Waals surface area contributed by atoms with Gasteiger partial charge in [0.1, 0.15) is 0 Å². The van der Waals surface area contributed by atoms with Crippen LogP contribution < -0.4 is 5.73 Å². The van der Waals surface area contributed by atoms with Crippen molar-refractivity contribution >= 4 is 30.7 Å². The summed E-state index contributed by atoms with van der Waals surface area (Å²) in [5.74, 6) is 0.397. The van der Waals surface area contributed by atoms with Gasteiger partial charge in [-0.2, -0.15) is 0 Å². The van der Waals surface area contributed by atoms with Crippen molar-refractivity contribution in [2.45, 2.75) is 13.8 Å². The summed E-state index contributed by atoms with van der Waals surface area (Å²) in [5, 5.41) is 0. The highest BCUT2D eigenvalue weighted by Crippen LogP contribution is 2.06. The Morgan fingerprint density at radius 3 is 2.06 bits per heavy atom. The lowest BCUT2D eigenvalue weighted by Gasteiger charge is -2.35. The molecule has 1 amide bonds. The standard InChI is InChI=1S/C10H21N3O.2ClH/c1-9(2)10(14)13-7-5-12(4-3-11)6-8-13;;/h9H,3-8,11H2,1-2H3;2*1H. The molecular formula is C10H23Cl2N3O. The Balaban J connectivity index is 0. The minimum atomic E-state index is 0. The third-order valence-electron chi connectivity index (χ3n) is 2.62. The zero-order valence-corrected chi connectivity index (χ0v) is 11.6. The average Bonchev–Trinajstić information content (AvgIpc) is 2.18. The average molecular weight is 272 g/mol. The molecular weight excluding hydrogens is 249 g/mol. The van der Waals surface area contributed by atoms with Crippen LogP contribution >= 0.6 is 24.8 Å². The van der Waals surface area contributed by atoms with Gasteiger partial charge in [-0.15, -0.1) is 24.8 Å². The Morgan fingerprint density at radius 1 is 1.19 bits per heavy atom. The lowest BCUT2D eigenvalue weighted by atomic mass is 10.1. The van der Waals surface area contributed by atoms with E-state index in [9.17, 15) is 4.79 Å². The highest BCUT2D eigenvalue weighted by molar-refractivity contribution is 5.85. The van der Waals surface area contributed by atoms with Gasteiger partial charge < -0.3 is 10.6 Å². The van der Waals surface area contributed by atoms with Crippen molar-refractivity contribution in [3.05, 3.63) is 0 Å². The first-order chi connectivity index (χ1) is 6.65. The van der Waals surface area contributed by atoms with Crippen molar-refractivity contribution < 1.29 is 4.79 Å². The van der Waals surface area contributed by atoms with E-state index >= 15 is 0 Å². The van der Waals surface area contributed by atoms with E-state index < -0.39 is 0 Å². The number of amides is 1. The van der Waals surface area contributed by atoms with Crippen LogP contribution in [0.25, 0.3) is 0 Å². The Labute approximate surface area is 110 Å². The van der Waals surface area contributed by atoms with Crippen LogP contribution in [0.2, 0.25) is 0 Å². The number of carbonyl (C=O) groups excluding carboxylic acids is 1. The molecule has 6 heteroatoms. The lowest BCUT2D eigenvalue weighted by molar-refractivity contribution is -0.136. The van der Waals surface area contributed by atoms with Crippen LogP contribution in [0.4, 0.5) is 0 Å². The highest BCUT2D eigenvalue weighted by Gasteiger charge is 2.21. The van der Waals surface area contributed by atoms with E-state index in [2.05, 4.69) is 4.90 Å². The Kier molecular flexibility index (Phi) is 10.4. The van der Waals surface area contributed by atoms with E-state index in [1.807, 2.05) is 18.7 Å². The molecule has 1 rings (SSSR count). The molecule has 98 valence electrons. The predicted octanol–water partition coefficient (Wildman–Crippen LogP) is 0.589. The Hall–Kier alpha value is -0.0300. The number of nitrogens with two attached hydrogens (primary N) is 1. The van der Waals surface area contributed by atoms with Crippen LogP contribution in [0, 0.1) is 5.92 Å². The summed E-state index contributed by atoms with van der Waals surface area (Å²) in [6.07, 6.45) is 0. The summed E-state index contributed by atoms with van der Waals surface area (Å²) in [5.41, 5.74) is 5.48. The highest BCUT2D eigenvalue weighted by atomic mass is 35.5. The molecule has 0 radical (unpaired) electrons. The van der Waals surface area contributed by atoms with E-state index in [0.717, 1.165) is 32.7 Å². The van der Waals surface area contributed by atoms with Gasteiger partial charge >= 0.3 is 0 Å². The molecule has 0 saturated carbocycles. The van der Waals surface area contributed by atoms with Crippen molar-refractivity contribution in [1.82, 2.24) is 9.80 Å². The number of rotatable bonds is 3. The second-order valence-electron chi connectivity index (χ2n) is 4.11. The molecule has 0 aromatic heterocycles. The van der Waals surface area contributed by atoms with Crippen molar-refractivity contribution in [2.24, 2.45) is 11.7 Å². The van der Waals surface area contributed by atoms with Gasteiger partial charge in [0.05, 0.1) is 0 Å². The van der Waals surface area contributed by atoms with E-state index in [1.54, 1.807) is 0 Å². The molecule has 0 spiro atoms. The zero-order valence-electron chi connectivity index (χ0n) is 10.0. The predicted molar refractivity (Wildman–Crippen MR) is 71.4 cm³/mol. The number of carbonyl (C=O) groups is 1. The van der Waals surface area contributed by atoms with Crippen LogP contribution in [0.5, 0.6) is 0 Å². The van der Waals surface area contributed by atoms with Gasteiger partial charge in [-0.3, -0.25) is 9.69 Å². The molecule has 1 fully saturated rings. The van der Waals surface area contributed by atoms with Crippen molar-refractivity contribution in [3.63, 3.8) is 0 Å². The van der Waals surface area contributed by atoms with Crippen molar-refractivity contribution in [1.29, 1.82) is 0 Å². The van der Waals surface area contributed by atoms with Crippen LogP contribution in [0.3, 0.4) is 0 Å². The second-order valence-corrected chi connectivity index (χ2v) is 4.11. The molecule has 0 bridgehead atoms. The molecule has 1 aliphatic heterocycles. The smallest absolute Gasteiger partial charge is 0.225 e. The fourth-order valence-electron chi connectivity index (χ4n) is 1.74. The fourth-order valence-corrected chi connectivity index (χ4v) is 1.74. The van der Waals surface area contributed by atoms with Crippen LogP contribution in [-0.4, -0.2) is 55.0 Å². The van der Waals surface area contributed by atoms with Crippen molar-refractivity contribution in [2.75, 3.05) is 39.3 Å². The summed E-state index contributed by atoms with van der Waals surface area (Å²) in [6, 6.07) is 0. The minimum Gasteiger partial charge on any atom is -0.340 e. The molecule has 1 heterocycles. The van der Waals surface area contributed by atoms with Gasteiger partial charge in [0.25, 0.3) is 0 Å². The monoisotopic (exact) mass is 271 g/mol. The van der Waals surface area contributed by atoms with E-state index in [0.29, 0.717) is 6.54 Å². The van der Waals surface area contributed by atoms with E-state index in [4.69, 9.17) is 5.73 Å². The number of nitrogens with zero attached hydrogens (tertiary/aromatic N) is 2. The van der Waals surface area contributed by atoms with Gasteiger partial charge in [0, 0.05) is 45.2 Å². The SMILES string of the molecule is CC(C)C(=O)N1CCN(CCN)CC1.Cl.Cl. The summed E-state index contributed by atoms with van der Waals surface area (Å²) in [4.78, 5) is 15.9. The Morgan fingerprint density at radius 2 is 1.69 bits per heavy atom. The molecule has 1 saturated heterocycles. The summed E-state index contributed by atoms with van der Waals surface area (Å²) in [6.45, 7) is 9.21. The molecule has 0 aromatic rings. The number of halogens is 2. The maximum absolute atomic E-state index is 11.6. The van der Waals surface area contributed by atoms with Gasteiger partial charge in [-0.1, -0.05) is 13.8 Å². The maximum atomic E-state index is 11.6. The number of hydrogen-bond acceptors (Lipinski definition) is 3. The zero-order chi connectivity index (χ0) is 10.6. The summed E-state index contributed by atoms with van der Waals surface area (Å²) in [7, 11) is 0. The van der Waals surface area contributed by atoms with Crippen LogP contribution in [-0.2, 0) is 4.79 Å². The van der Waals surface area contributed by atoms with Crippen LogP contribution in [0.1, 0.15) is 13.8 Å². The lowest BCUT2D eigenvalue weighted by Crippen LogP contribution is -2.50. The number of hydrogen-bond donors (Lipinski definition) is 1. The van der Waals surface area contributed by atoms with E-state index in [1.165, 1.54) is 0 Å². The molecule has 2 N–H and O–H groups in total. The molecule has 0 aliphatic carbocycles. The molecule has 4 nitrogen and oxygen atoms in total. The first-order valence-electron chi connectivity index (χ1n) is 5.36. The maximum Gasteiger partial charge on any atom is 0.225 e. The third kappa shape index (κ3) is 5.34. The van der Waals surface area contributed by atoms with Gasteiger partial charge in [-0.25, -0.2) is 0 Å². The first kappa shape index (κ1) is 18.3. The quantitative estimate of drug-likeness (QED) is 0.818. The summed E-state index contributed by atoms with van der Waals surface area (Å²) < 4.78 is 0. The second kappa shape index (κ2) is 9.05. The normalized spacial score (nSPS) is 16.6. The van der Waals surface area contributed by atoms with Crippen molar-refractivity contribution in [3.8, 4) is 0 Å². The fraction of sp³-hybridized carbons (Fsp3) is 0.900. The topological polar surface area (TPSA) is 49.6 Å². The van der Waals surface area contributed by atoms with Gasteiger partial charge in [0.15, 0.2) is 0 Å². The summed E-state index contributed by atoms with van der Waals surface area (Å²) >= 11 is 0. The molecule has 0 aromatic carbocycles. The van der Waals surface area contributed by atoms with Crippen LogP contribution in [0.15, 0.2) is 0 Å². The minimum absolute atomic E-state index is 0. The van der Waals surface area contributed by atoms with Gasteiger partial charge in [-0.05, 0) is 0 Å². The Bertz CT molecular complexity index is 195. The molecule has 16 heavy (non-hydrogen) atoms. The molecule has 0 atom stereocenters. The molecule has 0 unspecified atom stereocenters. The first-order valence-corrected chi connectivity index (χ1v) is 5.36.